The highest BCUT2D eigenvalue weighted by Gasteiger charge is 2.38. The van der Waals surface area contributed by atoms with E-state index in [0.717, 1.165) is 11.6 Å². The van der Waals surface area contributed by atoms with E-state index in [2.05, 4.69) is 0 Å². The molecule has 2 atom stereocenters. The van der Waals surface area contributed by atoms with E-state index in [1.807, 2.05) is 12.1 Å². The van der Waals surface area contributed by atoms with Gasteiger partial charge in [0, 0.05) is 0 Å². The number of aliphatic hydroxyl groups is 1. The molecular weight excluding hydrogens is 291 g/mol. The molecule has 5 heteroatoms. The molecule has 0 saturated carbocycles. The summed E-state index contributed by atoms with van der Waals surface area (Å²) in [7, 11) is -3.77. The predicted octanol–water partition coefficient (Wildman–Crippen LogP) is 2.65. The topological polar surface area (TPSA) is 54.4 Å². The second-order valence-electron chi connectivity index (χ2n) is 5.22. The van der Waals surface area contributed by atoms with E-state index in [0.29, 0.717) is 18.4 Å². The molecule has 0 fully saturated rings. The molecule has 2 aromatic rings. The molecule has 0 aromatic heterocycles. The Hall–Kier alpha value is -1.72. The minimum absolute atomic E-state index is 0.0778. The highest BCUT2D eigenvalue weighted by Crippen LogP contribution is 2.36. The summed E-state index contributed by atoms with van der Waals surface area (Å²) in [5.74, 6) is -0.596. The Labute approximate surface area is 123 Å². The Bertz CT molecular complexity index is 771. The van der Waals surface area contributed by atoms with Gasteiger partial charge in [0.2, 0.25) is 0 Å². The molecule has 3 nitrogen and oxygen atoms in total. The molecule has 2 unspecified atom stereocenters. The van der Waals surface area contributed by atoms with Gasteiger partial charge in [0.05, 0.1) is 16.2 Å². The largest absolute Gasteiger partial charge is 0.387 e. The summed E-state index contributed by atoms with van der Waals surface area (Å²) in [6.07, 6.45) is -0.160. The van der Waals surface area contributed by atoms with Crippen molar-refractivity contribution in [1.29, 1.82) is 0 Å². The van der Waals surface area contributed by atoms with E-state index in [4.69, 9.17) is 0 Å². The van der Waals surface area contributed by atoms with Crippen molar-refractivity contribution in [2.24, 2.45) is 0 Å². The van der Waals surface area contributed by atoms with Crippen LogP contribution >= 0.6 is 0 Å². The van der Waals surface area contributed by atoms with Crippen LogP contribution in [0.4, 0.5) is 4.39 Å². The van der Waals surface area contributed by atoms with Gasteiger partial charge >= 0.3 is 0 Å². The number of sulfone groups is 1. The molecule has 21 heavy (non-hydrogen) atoms. The van der Waals surface area contributed by atoms with Crippen LogP contribution in [0.5, 0.6) is 0 Å². The Morgan fingerprint density at radius 3 is 2.62 bits per heavy atom. The average Bonchev–Trinajstić information content (AvgIpc) is 2.47. The fourth-order valence-electron chi connectivity index (χ4n) is 2.85. The van der Waals surface area contributed by atoms with Crippen LogP contribution in [0.25, 0.3) is 0 Å². The lowest BCUT2D eigenvalue weighted by molar-refractivity contribution is 0.159. The van der Waals surface area contributed by atoms with E-state index in [-0.39, 0.29) is 4.90 Å². The van der Waals surface area contributed by atoms with Gasteiger partial charge in [0.1, 0.15) is 5.82 Å². The summed E-state index contributed by atoms with van der Waals surface area (Å²) in [4.78, 5) is -0.0778. The Balaban J connectivity index is 2.02. The maximum atomic E-state index is 13.3. The van der Waals surface area contributed by atoms with Crippen molar-refractivity contribution in [1.82, 2.24) is 0 Å². The number of rotatable bonds is 2. The van der Waals surface area contributed by atoms with Gasteiger partial charge in [-0.25, -0.2) is 12.8 Å². The number of benzene rings is 2. The maximum absolute atomic E-state index is 13.3. The second kappa shape index (κ2) is 5.24. The molecule has 110 valence electrons. The Morgan fingerprint density at radius 2 is 1.86 bits per heavy atom. The lowest BCUT2D eigenvalue weighted by Crippen LogP contribution is -2.33. The summed E-state index contributed by atoms with van der Waals surface area (Å²) in [5, 5.41) is 9.48. The third-order valence-electron chi connectivity index (χ3n) is 3.95. The molecule has 1 aliphatic rings. The van der Waals surface area contributed by atoms with E-state index in [9.17, 15) is 17.9 Å². The fourth-order valence-corrected chi connectivity index (χ4v) is 4.66. The Morgan fingerprint density at radius 1 is 1.10 bits per heavy atom. The quantitative estimate of drug-likeness (QED) is 0.928. The van der Waals surface area contributed by atoms with E-state index in [1.165, 1.54) is 18.2 Å². The first-order chi connectivity index (χ1) is 10.00. The van der Waals surface area contributed by atoms with Crippen molar-refractivity contribution < 1.29 is 17.9 Å². The summed E-state index contributed by atoms with van der Waals surface area (Å²) >= 11 is 0. The number of fused-ring (bicyclic) bond motifs is 1. The number of hydrogen-bond donors (Lipinski definition) is 1. The van der Waals surface area contributed by atoms with Gasteiger partial charge in [-0.1, -0.05) is 30.3 Å². The lowest BCUT2D eigenvalue weighted by atomic mass is 9.89. The zero-order valence-corrected chi connectivity index (χ0v) is 12.1. The van der Waals surface area contributed by atoms with Crippen LogP contribution < -0.4 is 0 Å². The highest BCUT2D eigenvalue weighted by molar-refractivity contribution is 7.92. The second-order valence-corrected chi connectivity index (χ2v) is 7.39. The van der Waals surface area contributed by atoms with E-state index in [1.54, 1.807) is 12.1 Å². The first kappa shape index (κ1) is 14.2. The molecule has 1 aliphatic carbocycles. The molecule has 0 aliphatic heterocycles. The van der Waals surface area contributed by atoms with Crippen molar-refractivity contribution in [2.45, 2.75) is 29.1 Å². The van der Waals surface area contributed by atoms with Crippen LogP contribution in [-0.4, -0.2) is 18.8 Å². The maximum Gasteiger partial charge on any atom is 0.184 e. The molecule has 0 spiro atoms. The number of aryl methyl sites for hydroxylation is 1. The molecule has 0 saturated heterocycles. The van der Waals surface area contributed by atoms with E-state index < -0.39 is 27.0 Å². The number of hydrogen-bond acceptors (Lipinski definition) is 3. The fraction of sp³-hybridized carbons (Fsp3) is 0.250. The zero-order valence-electron chi connectivity index (χ0n) is 11.2. The summed E-state index contributed by atoms with van der Waals surface area (Å²) in [6, 6.07) is 12.2. The van der Waals surface area contributed by atoms with Crippen molar-refractivity contribution >= 4 is 9.84 Å². The predicted molar refractivity (Wildman–Crippen MR) is 77.1 cm³/mol. The van der Waals surface area contributed by atoms with Crippen molar-refractivity contribution in [3.05, 3.63) is 65.5 Å². The van der Waals surface area contributed by atoms with Gasteiger partial charge in [0.25, 0.3) is 0 Å². The van der Waals surface area contributed by atoms with Gasteiger partial charge in [-0.2, -0.15) is 0 Å². The Kier molecular flexibility index (Phi) is 3.55. The lowest BCUT2D eigenvalue weighted by Gasteiger charge is -2.29. The molecular formula is C16H15FO3S. The van der Waals surface area contributed by atoms with Crippen LogP contribution in [-0.2, 0) is 16.3 Å². The van der Waals surface area contributed by atoms with Gasteiger partial charge in [0.15, 0.2) is 9.84 Å². The van der Waals surface area contributed by atoms with Crippen molar-refractivity contribution in [3.8, 4) is 0 Å². The van der Waals surface area contributed by atoms with E-state index >= 15 is 0 Å². The molecule has 0 radical (unpaired) electrons. The van der Waals surface area contributed by atoms with Crippen LogP contribution in [0.2, 0.25) is 0 Å². The standard InChI is InChI=1S/C16H15FO3S/c17-12-5-3-6-13(10-12)21(19,20)15-9-8-11-4-1-2-7-14(11)16(15)18/h1-7,10,15-16,18H,8-9H2. The van der Waals surface area contributed by atoms with Gasteiger partial charge < -0.3 is 5.11 Å². The first-order valence-electron chi connectivity index (χ1n) is 6.75. The molecule has 2 aromatic carbocycles. The molecule has 1 N–H and O–H groups in total. The van der Waals surface area contributed by atoms with Gasteiger partial charge in [-0.15, -0.1) is 0 Å². The molecule has 0 bridgehead atoms. The minimum atomic E-state index is -3.77. The number of halogens is 1. The number of aliphatic hydroxyl groups excluding tert-OH is 1. The summed E-state index contributed by atoms with van der Waals surface area (Å²) < 4.78 is 38.5. The summed E-state index contributed by atoms with van der Waals surface area (Å²) in [5.41, 5.74) is 1.62. The van der Waals surface area contributed by atoms with Crippen molar-refractivity contribution in [2.75, 3.05) is 0 Å². The van der Waals surface area contributed by atoms with Crippen molar-refractivity contribution in [3.63, 3.8) is 0 Å². The molecule has 3 rings (SSSR count). The van der Waals surface area contributed by atoms with Crippen LogP contribution in [0.3, 0.4) is 0 Å². The minimum Gasteiger partial charge on any atom is -0.387 e. The smallest absolute Gasteiger partial charge is 0.184 e. The monoisotopic (exact) mass is 306 g/mol. The zero-order chi connectivity index (χ0) is 15.0. The third-order valence-corrected chi connectivity index (χ3v) is 6.15. The third kappa shape index (κ3) is 2.47. The molecule has 0 heterocycles. The highest BCUT2D eigenvalue weighted by atomic mass is 32.2. The van der Waals surface area contributed by atoms with Gasteiger partial charge in [-0.05, 0) is 42.2 Å². The normalized spacial score (nSPS) is 21.8. The average molecular weight is 306 g/mol. The summed E-state index contributed by atoms with van der Waals surface area (Å²) in [6.45, 7) is 0. The first-order valence-corrected chi connectivity index (χ1v) is 8.30. The van der Waals surface area contributed by atoms with Crippen LogP contribution in [0.15, 0.2) is 53.4 Å². The SMILES string of the molecule is O=S(=O)(c1cccc(F)c1)C1CCc2ccccc2C1O. The van der Waals surface area contributed by atoms with Crippen LogP contribution in [0.1, 0.15) is 23.7 Å². The van der Waals surface area contributed by atoms with Crippen LogP contribution in [0, 0.1) is 5.82 Å². The molecule has 0 amide bonds. The van der Waals surface area contributed by atoms with Gasteiger partial charge in [-0.3, -0.25) is 0 Å².